The number of cyclic esters (lactones) is 1. The molecule has 0 aromatic heterocycles. The Kier molecular flexibility index (Phi) is 8.95. The van der Waals surface area contributed by atoms with Crippen LogP contribution in [0.4, 0.5) is 14.9 Å². The van der Waals surface area contributed by atoms with Crippen LogP contribution in [0.1, 0.15) is 49.7 Å². The Hall–Kier alpha value is -2.52. The van der Waals surface area contributed by atoms with Crippen LogP contribution in [-0.2, 0) is 20.9 Å². The number of carbonyl (C=O) groups is 1. The molecule has 2 saturated heterocycles. The summed E-state index contributed by atoms with van der Waals surface area (Å²) in [5, 5.41) is 3.08. The topological polar surface area (TPSA) is 71.0 Å². The van der Waals surface area contributed by atoms with Crippen molar-refractivity contribution in [2.75, 3.05) is 36.0 Å². The third-order valence-electron chi connectivity index (χ3n) is 6.82. The molecule has 2 aromatic rings. The van der Waals surface area contributed by atoms with Gasteiger partial charge in [-0.1, -0.05) is 55.5 Å². The first kappa shape index (κ1) is 26.5. The van der Waals surface area contributed by atoms with Crippen molar-refractivity contribution in [3.8, 4) is 0 Å². The first-order chi connectivity index (χ1) is 17.4. The van der Waals surface area contributed by atoms with Crippen molar-refractivity contribution in [2.24, 2.45) is 4.36 Å². The van der Waals surface area contributed by atoms with Gasteiger partial charge in [-0.2, -0.15) is 0 Å². The van der Waals surface area contributed by atoms with Crippen LogP contribution in [0.15, 0.2) is 52.9 Å². The smallest absolute Gasteiger partial charge is 0.414 e. The minimum Gasteiger partial charge on any atom is -0.442 e. The highest BCUT2D eigenvalue weighted by molar-refractivity contribution is 7.93. The van der Waals surface area contributed by atoms with E-state index in [1.807, 2.05) is 25.1 Å². The minimum atomic E-state index is -2.23. The molecule has 36 heavy (non-hydrogen) atoms. The second-order valence-electron chi connectivity index (χ2n) is 9.38. The van der Waals surface area contributed by atoms with Crippen LogP contribution in [-0.4, -0.2) is 52.5 Å². The summed E-state index contributed by atoms with van der Waals surface area (Å²) in [7, 11) is -2.23. The molecule has 2 heterocycles. The second-order valence-corrected chi connectivity index (χ2v) is 12.5. The largest absolute Gasteiger partial charge is 0.442 e. The molecular weight excluding hydrogens is 497 g/mol. The monoisotopic (exact) mass is 531 g/mol. The highest BCUT2D eigenvalue weighted by Gasteiger charge is 2.33. The number of hydrogen-bond acceptors (Lipinski definition) is 5. The molecule has 9 heteroatoms. The Balaban J connectivity index is 1.30. The lowest BCUT2D eigenvalue weighted by molar-refractivity contribution is 0.143. The van der Waals surface area contributed by atoms with E-state index in [1.165, 1.54) is 16.5 Å². The second kappa shape index (κ2) is 12.1. The molecule has 4 rings (SSSR count). The fourth-order valence-corrected chi connectivity index (χ4v) is 7.02. The van der Waals surface area contributed by atoms with Crippen LogP contribution >= 0.6 is 12.2 Å². The number of benzene rings is 2. The lowest BCUT2D eigenvalue weighted by atomic mass is 9.93. The van der Waals surface area contributed by atoms with Gasteiger partial charge in [-0.25, -0.2) is 17.8 Å². The van der Waals surface area contributed by atoms with E-state index >= 15 is 4.39 Å². The van der Waals surface area contributed by atoms with Gasteiger partial charge in [0.25, 0.3) is 0 Å². The lowest BCUT2D eigenvalue weighted by Crippen LogP contribution is -2.33. The van der Waals surface area contributed by atoms with E-state index in [4.69, 9.17) is 17.0 Å². The number of nitrogens with zero attached hydrogens (tertiary/aromatic N) is 2. The molecule has 1 N–H and O–H groups in total. The SMILES string of the molecule is CCC(=S)NC[C@H]1CN(c2ccc(C3CCS(=O)(=NCCCc4ccccc4)CC3)c(F)c2)C(=O)O1. The van der Waals surface area contributed by atoms with E-state index < -0.39 is 15.8 Å². The van der Waals surface area contributed by atoms with Gasteiger partial charge < -0.3 is 10.1 Å². The van der Waals surface area contributed by atoms with Crippen LogP contribution < -0.4 is 10.2 Å². The van der Waals surface area contributed by atoms with Crippen molar-refractivity contribution < 1.29 is 18.1 Å². The zero-order valence-electron chi connectivity index (χ0n) is 20.7. The number of nitrogens with one attached hydrogen (secondary N) is 1. The van der Waals surface area contributed by atoms with Gasteiger partial charge in [0.1, 0.15) is 11.9 Å². The number of halogens is 1. The van der Waals surface area contributed by atoms with E-state index in [0.29, 0.717) is 55.2 Å². The molecule has 2 aromatic carbocycles. The van der Waals surface area contributed by atoms with Crippen LogP contribution in [0.3, 0.4) is 0 Å². The van der Waals surface area contributed by atoms with Gasteiger partial charge >= 0.3 is 6.09 Å². The quantitative estimate of drug-likeness (QED) is 0.344. The fourth-order valence-electron chi connectivity index (χ4n) is 4.70. The standard InChI is InChI=1S/C27H34FN3O3S2/c1-2-26(35)29-18-23-19-31(27(32)34-23)22-10-11-24(25(28)17-22)21-12-15-36(33,16-13-21)30-14-6-9-20-7-4-3-5-8-20/h3-5,7-8,10-11,17,21,23H,2,6,9,12-16,18-19H2,1H3,(H,29,35)/t21?,23-,36?/m0/s1. The number of ether oxygens (including phenoxy) is 1. The van der Waals surface area contributed by atoms with Crippen molar-refractivity contribution in [3.05, 3.63) is 65.5 Å². The molecule has 0 aliphatic carbocycles. The maximum absolute atomic E-state index is 15.1. The van der Waals surface area contributed by atoms with E-state index in [0.717, 1.165) is 24.3 Å². The summed E-state index contributed by atoms with van der Waals surface area (Å²) >= 11 is 5.16. The predicted molar refractivity (Wildman–Crippen MR) is 147 cm³/mol. The van der Waals surface area contributed by atoms with E-state index in [2.05, 4.69) is 21.8 Å². The third-order valence-corrected chi connectivity index (χ3v) is 9.65. The predicted octanol–water partition coefficient (Wildman–Crippen LogP) is 5.46. The van der Waals surface area contributed by atoms with Crippen LogP contribution in [0, 0.1) is 5.82 Å². The molecule has 2 aliphatic rings. The van der Waals surface area contributed by atoms with Crippen molar-refractivity contribution in [3.63, 3.8) is 0 Å². The molecule has 194 valence electrons. The molecule has 0 radical (unpaired) electrons. The molecule has 2 aliphatic heterocycles. The summed E-state index contributed by atoms with van der Waals surface area (Å²) in [6.07, 6.45) is 3.00. The molecular formula is C27H34FN3O3S2. The number of carbonyl (C=O) groups excluding carboxylic acids is 1. The first-order valence-electron chi connectivity index (χ1n) is 12.6. The molecule has 0 bridgehead atoms. The van der Waals surface area contributed by atoms with Crippen molar-refractivity contribution in [1.82, 2.24) is 5.32 Å². The number of aryl methyl sites for hydroxylation is 1. The molecule has 1 atom stereocenters. The first-order valence-corrected chi connectivity index (χ1v) is 14.9. The zero-order chi connectivity index (χ0) is 25.5. The van der Waals surface area contributed by atoms with Crippen molar-refractivity contribution in [1.29, 1.82) is 0 Å². The maximum atomic E-state index is 15.1. The van der Waals surface area contributed by atoms with Gasteiger partial charge in [0, 0.05) is 27.8 Å². The summed E-state index contributed by atoms with van der Waals surface area (Å²) in [5.74, 6) is 0.659. The number of thiocarbonyl (C=S) groups is 1. The minimum absolute atomic E-state index is 0.00526. The third kappa shape index (κ3) is 6.82. The van der Waals surface area contributed by atoms with Crippen LogP contribution in [0.25, 0.3) is 0 Å². The average Bonchev–Trinajstić information content (AvgIpc) is 3.27. The molecule has 2 fully saturated rings. The van der Waals surface area contributed by atoms with Crippen LogP contribution in [0.5, 0.6) is 0 Å². The Morgan fingerprint density at radius 2 is 1.97 bits per heavy atom. The van der Waals surface area contributed by atoms with Gasteiger partial charge in [0.15, 0.2) is 0 Å². The molecule has 0 saturated carbocycles. The Bertz CT molecular complexity index is 1180. The number of amides is 1. The summed E-state index contributed by atoms with van der Waals surface area (Å²) in [4.78, 5) is 14.5. The summed E-state index contributed by atoms with van der Waals surface area (Å²) in [6.45, 7) is 3.33. The maximum Gasteiger partial charge on any atom is 0.414 e. The summed E-state index contributed by atoms with van der Waals surface area (Å²) < 4.78 is 38.2. The summed E-state index contributed by atoms with van der Waals surface area (Å²) in [5.41, 5.74) is 2.36. The number of anilines is 1. The molecule has 6 nitrogen and oxygen atoms in total. The normalized spacial score (nSPS) is 23.8. The molecule has 0 unspecified atom stereocenters. The van der Waals surface area contributed by atoms with Crippen molar-refractivity contribution >= 4 is 38.7 Å². The average molecular weight is 532 g/mol. The molecule has 0 spiro atoms. The Labute approximate surface area is 218 Å². The van der Waals surface area contributed by atoms with Gasteiger partial charge in [-0.05, 0) is 61.3 Å². The number of hydrogen-bond donors (Lipinski definition) is 1. The van der Waals surface area contributed by atoms with Gasteiger partial charge in [-0.15, -0.1) is 0 Å². The van der Waals surface area contributed by atoms with Gasteiger partial charge in [-0.3, -0.25) is 4.90 Å². The van der Waals surface area contributed by atoms with Gasteiger partial charge in [0.2, 0.25) is 0 Å². The van der Waals surface area contributed by atoms with E-state index in [9.17, 15) is 9.00 Å². The highest BCUT2D eigenvalue weighted by Crippen LogP contribution is 2.34. The van der Waals surface area contributed by atoms with Crippen LogP contribution in [0.2, 0.25) is 0 Å². The van der Waals surface area contributed by atoms with E-state index in [1.54, 1.807) is 12.1 Å². The molecule has 1 amide bonds. The summed E-state index contributed by atoms with van der Waals surface area (Å²) in [6, 6.07) is 15.2. The Morgan fingerprint density at radius 1 is 1.22 bits per heavy atom. The van der Waals surface area contributed by atoms with Gasteiger partial charge in [0.05, 0.1) is 23.8 Å². The fraction of sp³-hybridized carbons (Fsp3) is 0.481. The number of rotatable bonds is 9. The Morgan fingerprint density at radius 3 is 2.67 bits per heavy atom. The highest BCUT2D eigenvalue weighted by atomic mass is 32.2. The lowest BCUT2D eigenvalue weighted by Gasteiger charge is -2.26. The zero-order valence-corrected chi connectivity index (χ0v) is 22.3. The van der Waals surface area contributed by atoms with E-state index in [-0.39, 0.29) is 17.8 Å². The van der Waals surface area contributed by atoms with Crippen molar-refractivity contribution in [2.45, 2.75) is 51.0 Å².